The largest absolute Gasteiger partial charge is 0.352 e. The molecule has 5 atom stereocenters. The summed E-state index contributed by atoms with van der Waals surface area (Å²) in [6.07, 6.45) is 4.54. The lowest BCUT2D eigenvalue weighted by Gasteiger charge is -2.33. The molecule has 0 spiro atoms. The second kappa shape index (κ2) is 7.46. The Morgan fingerprint density at radius 1 is 1.12 bits per heavy atom. The summed E-state index contributed by atoms with van der Waals surface area (Å²) in [5.41, 5.74) is -1.23. The predicted octanol–water partition coefficient (Wildman–Crippen LogP) is 3.61. The topological polar surface area (TPSA) is 65.3 Å². The van der Waals surface area contributed by atoms with E-state index in [1.54, 1.807) is 0 Å². The van der Waals surface area contributed by atoms with Gasteiger partial charge in [-0.3, -0.25) is 9.79 Å². The van der Waals surface area contributed by atoms with E-state index in [2.05, 4.69) is 10.3 Å². The number of alkyl halides is 2. The van der Waals surface area contributed by atoms with Gasteiger partial charge in [-0.15, -0.1) is 0 Å². The number of hydrogen-bond donors (Lipinski definition) is 2. The van der Waals surface area contributed by atoms with E-state index in [9.17, 15) is 18.0 Å². The Kier molecular flexibility index (Phi) is 5.49. The Labute approximate surface area is 146 Å². The van der Waals surface area contributed by atoms with Crippen molar-refractivity contribution in [3.8, 4) is 0 Å². The molecule has 3 saturated carbocycles. The molecule has 0 bridgehead atoms. The Morgan fingerprint density at radius 3 is 2.40 bits per heavy atom. The van der Waals surface area contributed by atoms with Crippen molar-refractivity contribution in [3.63, 3.8) is 0 Å². The van der Waals surface area contributed by atoms with Crippen LogP contribution in [0.1, 0.15) is 44.9 Å². The number of hydrogen-bond acceptors (Lipinski definition) is 3. The van der Waals surface area contributed by atoms with Crippen LogP contribution in [-0.4, -0.2) is 37.1 Å². The lowest BCUT2D eigenvalue weighted by molar-refractivity contribution is -0.123. The molecule has 0 heterocycles. The Balaban J connectivity index is 1.67. The minimum Gasteiger partial charge on any atom is -0.352 e. The lowest BCUT2D eigenvalue weighted by atomic mass is 9.80. The van der Waals surface area contributed by atoms with Crippen LogP contribution in [0.5, 0.6) is 0 Å². The second-order valence-electron chi connectivity index (χ2n) is 7.70. The molecule has 5 unspecified atom stereocenters. The fourth-order valence-corrected chi connectivity index (χ4v) is 4.54. The minimum absolute atomic E-state index is 0.104. The molecule has 0 saturated heterocycles. The first kappa shape index (κ1) is 18.4. The summed E-state index contributed by atoms with van der Waals surface area (Å²) in [4.78, 5) is 15.7. The average Bonchev–Trinajstić information content (AvgIpc) is 3.47. The van der Waals surface area contributed by atoms with E-state index < -0.39 is 29.9 Å². The number of nitrogens with one attached hydrogen (secondary N) is 2. The molecule has 0 aromatic carbocycles. The summed E-state index contributed by atoms with van der Waals surface area (Å²) < 4.78 is 39.6. The highest BCUT2D eigenvalue weighted by molar-refractivity contribution is 6.19. The number of aliphatic imine (C=N–C) groups is 1. The Hall–Kier alpha value is -1.40. The first-order valence-electron chi connectivity index (χ1n) is 9.23. The van der Waals surface area contributed by atoms with E-state index in [1.165, 1.54) is 19.3 Å². The van der Waals surface area contributed by atoms with Crippen LogP contribution >= 0.6 is 0 Å². The molecule has 3 aliphatic rings. The van der Waals surface area contributed by atoms with Gasteiger partial charge in [0.25, 0.3) is 6.43 Å². The molecule has 1 amide bonds. The van der Waals surface area contributed by atoms with Crippen molar-refractivity contribution in [1.29, 1.82) is 5.41 Å². The van der Waals surface area contributed by atoms with E-state index in [0.29, 0.717) is 11.8 Å². The van der Waals surface area contributed by atoms with Gasteiger partial charge in [-0.05, 0) is 55.8 Å². The van der Waals surface area contributed by atoms with Gasteiger partial charge in [0.2, 0.25) is 11.9 Å². The fourth-order valence-electron chi connectivity index (χ4n) is 4.54. The first-order chi connectivity index (χ1) is 11.9. The van der Waals surface area contributed by atoms with E-state index in [-0.39, 0.29) is 6.04 Å². The molecule has 0 aliphatic heterocycles. The predicted molar refractivity (Wildman–Crippen MR) is 89.9 cm³/mol. The van der Waals surface area contributed by atoms with Crippen molar-refractivity contribution in [2.75, 3.05) is 7.05 Å². The van der Waals surface area contributed by atoms with E-state index in [0.717, 1.165) is 44.6 Å². The fraction of sp³-hybridized carbons (Fsp3) is 0.833. The van der Waals surface area contributed by atoms with Gasteiger partial charge in [0.15, 0.2) is 5.92 Å². The average molecular weight is 357 g/mol. The number of carbonyl (C=O) groups is 1. The molecule has 2 N–H and O–H groups in total. The van der Waals surface area contributed by atoms with Crippen molar-refractivity contribution >= 4 is 17.6 Å². The van der Waals surface area contributed by atoms with Gasteiger partial charge in [-0.2, -0.15) is 4.39 Å². The molecule has 7 heteroatoms. The molecule has 0 aromatic heterocycles. The molecule has 25 heavy (non-hydrogen) atoms. The third-order valence-corrected chi connectivity index (χ3v) is 6.08. The summed E-state index contributed by atoms with van der Waals surface area (Å²) in [5.74, 6) is -1.43. The van der Waals surface area contributed by atoms with Crippen molar-refractivity contribution in [3.05, 3.63) is 0 Å². The van der Waals surface area contributed by atoms with Crippen LogP contribution in [0, 0.1) is 35.0 Å². The van der Waals surface area contributed by atoms with E-state index >= 15 is 0 Å². The molecule has 0 radical (unpaired) electrons. The van der Waals surface area contributed by atoms with E-state index in [4.69, 9.17) is 5.41 Å². The zero-order valence-electron chi connectivity index (χ0n) is 14.5. The van der Waals surface area contributed by atoms with Crippen LogP contribution in [0.25, 0.3) is 0 Å². The highest BCUT2D eigenvalue weighted by atomic mass is 19.3. The monoisotopic (exact) mass is 357 g/mol. The van der Waals surface area contributed by atoms with Crippen LogP contribution < -0.4 is 5.32 Å². The summed E-state index contributed by atoms with van der Waals surface area (Å²) >= 11 is 0. The van der Waals surface area contributed by atoms with Gasteiger partial charge in [-0.1, -0.05) is 12.8 Å². The van der Waals surface area contributed by atoms with Crippen LogP contribution in [-0.2, 0) is 4.79 Å². The highest BCUT2D eigenvalue weighted by Crippen LogP contribution is 2.59. The van der Waals surface area contributed by atoms with Gasteiger partial charge in [0, 0.05) is 13.1 Å². The number of rotatable bonds is 7. The standard InChI is InChI=1S/C18H26F3N3O/c1-23-17(21)14(15(22)16(19)20)18(25)24-13-5-3-2-4-10(13)12-8-11(12)9-6-7-9/h9-14,16,22H,2-8H2,1H3,(H,24,25). The number of amides is 1. The molecule has 140 valence electrons. The van der Waals surface area contributed by atoms with Gasteiger partial charge in [0.05, 0.1) is 5.71 Å². The maximum Gasteiger partial charge on any atom is 0.277 e. The van der Waals surface area contributed by atoms with Crippen LogP contribution in [0.2, 0.25) is 0 Å². The van der Waals surface area contributed by atoms with Crippen molar-refractivity contribution < 1.29 is 18.0 Å². The van der Waals surface area contributed by atoms with Gasteiger partial charge < -0.3 is 10.7 Å². The number of nitrogens with zero attached hydrogens (tertiary/aromatic N) is 1. The molecule has 4 nitrogen and oxygen atoms in total. The minimum atomic E-state index is -3.17. The third kappa shape index (κ3) is 4.06. The molecule has 3 aliphatic carbocycles. The smallest absolute Gasteiger partial charge is 0.277 e. The normalized spacial score (nSPS) is 33.9. The number of carbonyl (C=O) groups excluding carboxylic acids is 1. The maximum atomic E-state index is 13.9. The molecule has 3 fully saturated rings. The van der Waals surface area contributed by atoms with Crippen molar-refractivity contribution in [1.82, 2.24) is 5.32 Å². The van der Waals surface area contributed by atoms with E-state index in [1.807, 2.05) is 0 Å². The molecular formula is C18H26F3N3O. The molecule has 0 aromatic rings. The number of halogens is 3. The van der Waals surface area contributed by atoms with Gasteiger partial charge in [-0.25, -0.2) is 8.78 Å². The van der Waals surface area contributed by atoms with Crippen LogP contribution in [0.3, 0.4) is 0 Å². The molecule has 3 rings (SSSR count). The summed E-state index contributed by atoms with van der Waals surface area (Å²) in [5, 5.41) is 10.2. The van der Waals surface area contributed by atoms with Crippen molar-refractivity contribution in [2.45, 2.75) is 57.4 Å². The Morgan fingerprint density at radius 2 is 1.80 bits per heavy atom. The molecular weight excluding hydrogens is 331 g/mol. The second-order valence-corrected chi connectivity index (χ2v) is 7.70. The zero-order valence-corrected chi connectivity index (χ0v) is 14.5. The van der Waals surface area contributed by atoms with Gasteiger partial charge >= 0.3 is 0 Å². The quantitative estimate of drug-likeness (QED) is 0.672. The third-order valence-electron chi connectivity index (χ3n) is 6.08. The summed E-state index contributed by atoms with van der Waals surface area (Å²) in [6, 6.07) is -0.104. The SMILES string of the molecule is CN=C(F)C(C(=N)C(F)F)C(=O)NC1CCCCC1C1CC1C1CC1. The summed E-state index contributed by atoms with van der Waals surface area (Å²) in [7, 11) is 1.10. The van der Waals surface area contributed by atoms with Crippen LogP contribution in [0.15, 0.2) is 4.99 Å². The maximum absolute atomic E-state index is 13.9. The zero-order chi connectivity index (χ0) is 18.1. The van der Waals surface area contributed by atoms with Crippen LogP contribution in [0.4, 0.5) is 13.2 Å². The summed E-state index contributed by atoms with van der Waals surface area (Å²) in [6.45, 7) is 0. The Bertz CT molecular complexity index is 562. The highest BCUT2D eigenvalue weighted by Gasteiger charge is 2.52. The van der Waals surface area contributed by atoms with Gasteiger partial charge in [0.1, 0.15) is 0 Å². The first-order valence-corrected chi connectivity index (χ1v) is 9.23. The lowest BCUT2D eigenvalue weighted by Crippen LogP contribution is -2.49. The van der Waals surface area contributed by atoms with Crippen molar-refractivity contribution in [2.24, 2.45) is 34.6 Å².